The molecule has 5 nitrogen and oxygen atoms in total. The van der Waals surface area contributed by atoms with E-state index in [4.69, 9.17) is 0 Å². The number of allylic oxidation sites excluding steroid dienone is 2. The summed E-state index contributed by atoms with van der Waals surface area (Å²) in [5.41, 5.74) is 6.84. The molecule has 0 radical (unpaired) electrons. The van der Waals surface area contributed by atoms with Gasteiger partial charge in [0.15, 0.2) is 0 Å². The molecule has 0 amide bonds. The minimum absolute atomic E-state index is 0.0416. The van der Waals surface area contributed by atoms with Crippen LogP contribution in [0.5, 0.6) is 0 Å². The summed E-state index contributed by atoms with van der Waals surface area (Å²) in [4.78, 5) is 7.80. The van der Waals surface area contributed by atoms with Crippen LogP contribution in [0.1, 0.15) is 37.7 Å². The largest absolute Gasteiger partial charge is 0.341 e. The highest BCUT2D eigenvalue weighted by molar-refractivity contribution is 7.73. The zero-order valence-corrected chi connectivity index (χ0v) is 17.4. The molecule has 2 heterocycles. The lowest BCUT2D eigenvalue weighted by atomic mass is 10.00. The molecule has 1 aliphatic heterocycles. The number of hydrogen-bond donors (Lipinski definition) is 3. The van der Waals surface area contributed by atoms with Crippen LogP contribution >= 0.6 is 0 Å². The van der Waals surface area contributed by atoms with Crippen LogP contribution in [0.4, 0.5) is 0 Å². The fourth-order valence-corrected chi connectivity index (χ4v) is 4.32. The van der Waals surface area contributed by atoms with E-state index in [9.17, 15) is 8.42 Å². The van der Waals surface area contributed by atoms with Crippen molar-refractivity contribution >= 4 is 16.3 Å². The second-order valence-electron chi connectivity index (χ2n) is 7.44. The number of H-pyrrole nitrogens is 1. The summed E-state index contributed by atoms with van der Waals surface area (Å²) in [6.07, 6.45) is 4.49. The predicted octanol–water partition coefficient (Wildman–Crippen LogP) is 4.18. The number of nitrogens with one attached hydrogen (secondary N) is 2. The lowest BCUT2D eigenvalue weighted by molar-refractivity contribution is 0.595. The van der Waals surface area contributed by atoms with Crippen molar-refractivity contribution in [3.05, 3.63) is 72.2 Å². The average Bonchev–Trinajstić information content (AvgIpc) is 3.43. The molecule has 2 N–H and O–H groups in total. The maximum absolute atomic E-state index is 11.2. The number of imidazole rings is 1. The minimum Gasteiger partial charge on any atom is -0.341 e. The van der Waals surface area contributed by atoms with Crippen LogP contribution in [0.15, 0.2) is 60.8 Å². The van der Waals surface area contributed by atoms with E-state index in [-0.39, 0.29) is 11.3 Å². The van der Waals surface area contributed by atoms with Crippen LogP contribution in [0.25, 0.3) is 28.0 Å². The predicted molar refractivity (Wildman–Crippen MR) is 118 cm³/mol. The molecule has 0 saturated carbocycles. The van der Waals surface area contributed by atoms with Crippen molar-refractivity contribution in [1.29, 1.82) is 0 Å². The van der Waals surface area contributed by atoms with Gasteiger partial charge < -0.3 is 10.3 Å². The first-order chi connectivity index (χ1) is 14.0. The average molecular weight is 408 g/mol. The second kappa shape index (κ2) is 8.35. The number of nitrogens with zero attached hydrogens (tertiary/aromatic N) is 1. The smallest absolute Gasteiger partial charge is 0.144 e. The van der Waals surface area contributed by atoms with E-state index in [0.29, 0.717) is 13.0 Å². The fraction of sp³-hybridized carbons (Fsp3) is 0.261. The first-order valence-corrected chi connectivity index (χ1v) is 11.1. The van der Waals surface area contributed by atoms with Crippen molar-refractivity contribution in [2.24, 2.45) is 0 Å². The van der Waals surface area contributed by atoms with Crippen molar-refractivity contribution < 1.29 is 8.42 Å². The van der Waals surface area contributed by atoms with E-state index < -0.39 is 10.7 Å². The molecular weight excluding hydrogens is 382 g/mol. The van der Waals surface area contributed by atoms with Crippen molar-refractivity contribution in [1.82, 2.24) is 15.3 Å². The monoisotopic (exact) mass is 407 g/mol. The number of hydrogen-bond acceptors (Lipinski definition) is 4. The summed E-state index contributed by atoms with van der Waals surface area (Å²) in [5, 5.41) is 2.92. The van der Waals surface area contributed by atoms with Crippen LogP contribution in [0, 0.1) is 0 Å². The van der Waals surface area contributed by atoms with Crippen LogP contribution in [0.3, 0.4) is 0 Å². The Balaban J connectivity index is 1.49. The first kappa shape index (κ1) is 19.6. The molecule has 0 unspecified atom stereocenters. The number of thiol groups is 1. The van der Waals surface area contributed by atoms with Gasteiger partial charge in [-0.05, 0) is 48.1 Å². The van der Waals surface area contributed by atoms with E-state index in [1.807, 2.05) is 6.20 Å². The maximum atomic E-state index is 11.2. The molecule has 1 saturated heterocycles. The summed E-state index contributed by atoms with van der Waals surface area (Å²) in [6.45, 7) is 4.65. The summed E-state index contributed by atoms with van der Waals surface area (Å²) in [6, 6.07) is 16.9. The Bertz CT molecular complexity index is 1090. The zero-order valence-electron chi connectivity index (χ0n) is 16.6. The SMILES string of the molecule is C/C=C(\C)c1ccc(-c2ccc(-c3cnc([C@@H]4C[C@H]([SH](=O)=O)CN4)[nH]3)cc2)cc1. The molecule has 4 rings (SSSR count). The van der Waals surface area contributed by atoms with Gasteiger partial charge in [-0.3, -0.25) is 0 Å². The van der Waals surface area contributed by atoms with Gasteiger partial charge in [-0.25, -0.2) is 13.4 Å². The highest BCUT2D eigenvalue weighted by Gasteiger charge is 2.29. The Morgan fingerprint density at radius 2 is 1.66 bits per heavy atom. The van der Waals surface area contributed by atoms with Crippen molar-refractivity contribution in [2.45, 2.75) is 31.6 Å². The molecule has 2 atom stereocenters. The summed E-state index contributed by atoms with van der Waals surface area (Å²) >= 11 is 0. The maximum Gasteiger partial charge on any atom is 0.144 e. The van der Waals surface area contributed by atoms with Gasteiger partial charge in [0.25, 0.3) is 0 Å². The molecule has 1 aromatic heterocycles. The van der Waals surface area contributed by atoms with Crippen LogP contribution < -0.4 is 5.32 Å². The third-order valence-electron chi connectivity index (χ3n) is 5.63. The Morgan fingerprint density at radius 3 is 2.24 bits per heavy atom. The third kappa shape index (κ3) is 4.18. The van der Waals surface area contributed by atoms with Gasteiger partial charge in [-0.2, -0.15) is 0 Å². The Morgan fingerprint density at radius 1 is 1.03 bits per heavy atom. The Hall–Kier alpha value is -2.70. The number of rotatable bonds is 5. The van der Waals surface area contributed by atoms with Crippen molar-refractivity contribution in [3.63, 3.8) is 0 Å². The van der Waals surface area contributed by atoms with E-state index in [1.54, 1.807) is 0 Å². The topological polar surface area (TPSA) is 74.8 Å². The summed E-state index contributed by atoms with van der Waals surface area (Å²) in [7, 11) is -2.40. The van der Waals surface area contributed by atoms with E-state index >= 15 is 0 Å². The molecule has 29 heavy (non-hydrogen) atoms. The molecule has 1 fully saturated rings. The van der Waals surface area contributed by atoms with Crippen molar-refractivity contribution in [3.8, 4) is 22.4 Å². The van der Waals surface area contributed by atoms with E-state index in [1.165, 1.54) is 16.7 Å². The first-order valence-electron chi connectivity index (χ1n) is 9.81. The fourth-order valence-electron chi connectivity index (χ4n) is 3.68. The normalized spacial score (nSPS) is 19.8. The second-order valence-corrected chi connectivity index (χ2v) is 8.75. The lowest BCUT2D eigenvalue weighted by Gasteiger charge is -2.07. The molecular formula is C23H25N3O2S. The molecule has 0 bridgehead atoms. The van der Waals surface area contributed by atoms with Crippen molar-refractivity contribution in [2.75, 3.05) is 6.54 Å². The van der Waals surface area contributed by atoms with Gasteiger partial charge in [0, 0.05) is 6.54 Å². The standard InChI is InChI=1S/C23H25N3O2S/c1-3-15(2)16-4-6-17(7-5-16)18-8-10-19(11-9-18)22-14-25-23(26-22)21-12-20(13-24-21)29(27)28/h3-11,14,20-21,24,29H,12-13H2,1-2H3,(H,25,26)/b15-3+/t20-,21-/m0/s1. The van der Waals surface area contributed by atoms with Crippen LogP contribution in [0.2, 0.25) is 0 Å². The molecule has 0 aliphatic carbocycles. The van der Waals surface area contributed by atoms with E-state index in [0.717, 1.165) is 22.6 Å². The zero-order chi connectivity index (χ0) is 20.4. The van der Waals surface area contributed by atoms with Gasteiger partial charge in [0.05, 0.1) is 23.2 Å². The molecule has 1 aliphatic rings. The van der Waals surface area contributed by atoms with Gasteiger partial charge in [0.1, 0.15) is 16.5 Å². The minimum atomic E-state index is -2.40. The molecule has 150 valence electrons. The van der Waals surface area contributed by atoms with E-state index in [2.05, 4.69) is 83.7 Å². The number of aromatic nitrogens is 2. The number of benzene rings is 2. The quantitative estimate of drug-likeness (QED) is 0.555. The van der Waals surface area contributed by atoms with Crippen LogP contribution in [-0.4, -0.2) is 30.2 Å². The Kier molecular flexibility index (Phi) is 5.65. The van der Waals surface area contributed by atoms with Gasteiger partial charge in [-0.1, -0.05) is 54.6 Å². The molecule has 6 heteroatoms. The van der Waals surface area contributed by atoms with Gasteiger partial charge in [-0.15, -0.1) is 0 Å². The molecule has 0 spiro atoms. The summed E-state index contributed by atoms with van der Waals surface area (Å²) in [5.74, 6) is 0.790. The Labute approximate surface area is 172 Å². The lowest BCUT2D eigenvalue weighted by Crippen LogP contribution is -2.16. The highest BCUT2D eigenvalue weighted by atomic mass is 32.2. The van der Waals surface area contributed by atoms with Gasteiger partial charge in [0.2, 0.25) is 0 Å². The number of aromatic amines is 1. The molecule has 2 aromatic carbocycles. The third-order valence-corrected chi connectivity index (χ3v) is 6.62. The summed E-state index contributed by atoms with van der Waals surface area (Å²) < 4.78 is 22.4. The molecule has 3 aromatic rings. The van der Waals surface area contributed by atoms with Crippen LogP contribution in [-0.2, 0) is 10.7 Å². The van der Waals surface area contributed by atoms with Gasteiger partial charge >= 0.3 is 0 Å². The highest BCUT2D eigenvalue weighted by Crippen LogP contribution is 2.28.